The van der Waals surface area contributed by atoms with Crippen molar-refractivity contribution in [1.82, 2.24) is 0 Å². The van der Waals surface area contributed by atoms with Crippen molar-refractivity contribution in [2.24, 2.45) is 11.8 Å². The van der Waals surface area contributed by atoms with Crippen LogP contribution in [0, 0.1) is 11.8 Å². The fourth-order valence-electron chi connectivity index (χ4n) is 2.10. The van der Waals surface area contributed by atoms with Gasteiger partial charge < -0.3 is 0 Å². The van der Waals surface area contributed by atoms with E-state index in [9.17, 15) is 8.42 Å². The minimum absolute atomic E-state index is 0.0694. The van der Waals surface area contributed by atoms with E-state index in [1.54, 1.807) is 0 Å². The minimum atomic E-state index is -3.26. The molecule has 0 saturated heterocycles. The Bertz CT molecular complexity index is 261. The van der Waals surface area contributed by atoms with E-state index >= 15 is 0 Å². The summed E-state index contributed by atoms with van der Waals surface area (Å²) in [6.45, 7) is 4.45. The smallest absolute Gasteiger partial charge is 0.264 e. The van der Waals surface area contributed by atoms with Gasteiger partial charge in [-0.2, -0.15) is 8.42 Å². The van der Waals surface area contributed by atoms with Crippen LogP contribution in [0.5, 0.6) is 0 Å². The van der Waals surface area contributed by atoms with E-state index in [4.69, 9.17) is 4.18 Å². The minimum Gasteiger partial charge on any atom is -0.267 e. The van der Waals surface area contributed by atoms with Crippen molar-refractivity contribution < 1.29 is 12.6 Å². The van der Waals surface area contributed by atoms with Gasteiger partial charge in [0.25, 0.3) is 10.1 Å². The third-order valence-corrected chi connectivity index (χ3v) is 3.59. The van der Waals surface area contributed by atoms with Crippen molar-refractivity contribution in [3.05, 3.63) is 0 Å². The molecule has 1 rings (SSSR count). The first-order valence-electron chi connectivity index (χ1n) is 5.26. The third kappa shape index (κ3) is 3.96. The molecule has 4 heteroatoms. The number of rotatable bonds is 3. The molecule has 0 bridgehead atoms. The lowest BCUT2D eigenvalue weighted by atomic mass is 9.81. The maximum Gasteiger partial charge on any atom is 0.264 e. The van der Waals surface area contributed by atoms with Gasteiger partial charge in [0.1, 0.15) is 0 Å². The van der Waals surface area contributed by atoms with Crippen LogP contribution in [0.3, 0.4) is 0 Å². The normalized spacial score (nSPS) is 29.4. The molecule has 0 amide bonds. The topological polar surface area (TPSA) is 43.4 Å². The third-order valence-electron chi connectivity index (χ3n) is 2.97. The quantitative estimate of drug-likeness (QED) is 0.685. The average Bonchev–Trinajstić information content (AvgIpc) is 2.02. The van der Waals surface area contributed by atoms with E-state index < -0.39 is 10.1 Å². The Labute approximate surface area is 87.0 Å². The summed E-state index contributed by atoms with van der Waals surface area (Å²) in [5.74, 6) is 1.45. The average molecular weight is 220 g/mol. The Balaban J connectivity index is 2.36. The molecule has 1 aliphatic carbocycles. The predicted molar refractivity (Wildman–Crippen MR) is 56.5 cm³/mol. The summed E-state index contributed by atoms with van der Waals surface area (Å²) >= 11 is 0. The Hall–Kier alpha value is -0.0900. The summed E-state index contributed by atoms with van der Waals surface area (Å²) in [5, 5.41) is 0. The van der Waals surface area contributed by atoms with Gasteiger partial charge in [-0.05, 0) is 37.5 Å². The second kappa shape index (κ2) is 4.62. The summed E-state index contributed by atoms with van der Waals surface area (Å²) < 4.78 is 26.8. The van der Waals surface area contributed by atoms with Gasteiger partial charge in [0.15, 0.2) is 0 Å². The summed E-state index contributed by atoms with van der Waals surface area (Å²) in [6.07, 6.45) is 5.02. The number of hydrogen-bond donors (Lipinski definition) is 0. The van der Waals surface area contributed by atoms with Crippen LogP contribution in [0.2, 0.25) is 0 Å². The van der Waals surface area contributed by atoms with E-state index in [2.05, 4.69) is 13.8 Å². The highest BCUT2D eigenvalue weighted by Gasteiger charge is 2.25. The first kappa shape index (κ1) is 12.0. The molecule has 3 nitrogen and oxygen atoms in total. The zero-order valence-corrected chi connectivity index (χ0v) is 10.0. The van der Waals surface area contributed by atoms with Gasteiger partial charge in [-0.3, -0.25) is 4.18 Å². The van der Waals surface area contributed by atoms with Crippen LogP contribution in [0.4, 0.5) is 0 Å². The molecule has 0 unspecified atom stereocenters. The van der Waals surface area contributed by atoms with Crippen molar-refractivity contribution in [1.29, 1.82) is 0 Å². The van der Waals surface area contributed by atoms with E-state index in [0.29, 0.717) is 5.92 Å². The summed E-state index contributed by atoms with van der Waals surface area (Å²) in [6, 6.07) is 0. The van der Waals surface area contributed by atoms with E-state index in [0.717, 1.165) is 37.9 Å². The molecule has 0 radical (unpaired) electrons. The standard InChI is InChI=1S/C10H20O3S/c1-8(2)9-4-6-10(7-5-9)13-14(3,11)12/h8-10H,4-7H2,1-3H3/t9-,10-. The predicted octanol–water partition coefficient (Wildman–Crippen LogP) is 2.18. The molecule has 0 spiro atoms. The lowest BCUT2D eigenvalue weighted by Crippen LogP contribution is -2.26. The van der Waals surface area contributed by atoms with Crippen molar-refractivity contribution in [2.75, 3.05) is 6.26 Å². The summed E-state index contributed by atoms with van der Waals surface area (Å²) in [5.41, 5.74) is 0. The van der Waals surface area contributed by atoms with Gasteiger partial charge in [0, 0.05) is 0 Å². The molecule has 0 atom stereocenters. The lowest BCUT2D eigenvalue weighted by Gasteiger charge is -2.29. The van der Waals surface area contributed by atoms with Gasteiger partial charge in [0.05, 0.1) is 12.4 Å². The van der Waals surface area contributed by atoms with Crippen molar-refractivity contribution in [3.8, 4) is 0 Å². The number of hydrogen-bond acceptors (Lipinski definition) is 3. The molecule has 84 valence electrons. The Kier molecular flexibility index (Phi) is 3.95. The summed E-state index contributed by atoms with van der Waals surface area (Å²) in [7, 11) is -3.26. The van der Waals surface area contributed by atoms with Gasteiger partial charge >= 0.3 is 0 Å². The van der Waals surface area contributed by atoms with E-state index in [-0.39, 0.29) is 6.10 Å². The monoisotopic (exact) mass is 220 g/mol. The van der Waals surface area contributed by atoms with E-state index in [1.807, 2.05) is 0 Å². The van der Waals surface area contributed by atoms with E-state index in [1.165, 1.54) is 0 Å². The van der Waals surface area contributed by atoms with Crippen LogP contribution in [-0.2, 0) is 14.3 Å². The molecule has 1 fully saturated rings. The van der Waals surface area contributed by atoms with Crippen molar-refractivity contribution in [3.63, 3.8) is 0 Å². The maximum absolute atomic E-state index is 10.9. The highest BCUT2D eigenvalue weighted by atomic mass is 32.2. The van der Waals surface area contributed by atoms with Crippen LogP contribution in [0.25, 0.3) is 0 Å². The molecule has 0 aromatic heterocycles. The molecule has 1 aliphatic rings. The Morgan fingerprint density at radius 2 is 1.64 bits per heavy atom. The van der Waals surface area contributed by atoms with Crippen molar-refractivity contribution in [2.45, 2.75) is 45.6 Å². The molecule has 0 aromatic rings. The summed E-state index contributed by atoms with van der Waals surface area (Å²) in [4.78, 5) is 0. The van der Waals surface area contributed by atoms with Crippen LogP contribution in [0.15, 0.2) is 0 Å². The Morgan fingerprint density at radius 1 is 1.14 bits per heavy atom. The molecule has 0 aromatic carbocycles. The zero-order valence-electron chi connectivity index (χ0n) is 9.19. The van der Waals surface area contributed by atoms with Gasteiger partial charge in [-0.15, -0.1) is 0 Å². The fraction of sp³-hybridized carbons (Fsp3) is 1.00. The molecule has 14 heavy (non-hydrogen) atoms. The molecule has 1 saturated carbocycles. The Morgan fingerprint density at radius 3 is 2.00 bits per heavy atom. The van der Waals surface area contributed by atoms with Crippen LogP contribution < -0.4 is 0 Å². The van der Waals surface area contributed by atoms with Crippen LogP contribution in [-0.4, -0.2) is 20.8 Å². The second-order valence-corrected chi connectivity index (χ2v) is 6.18. The van der Waals surface area contributed by atoms with Crippen LogP contribution in [0.1, 0.15) is 39.5 Å². The van der Waals surface area contributed by atoms with Gasteiger partial charge in [-0.1, -0.05) is 13.8 Å². The largest absolute Gasteiger partial charge is 0.267 e. The first-order chi connectivity index (χ1) is 6.38. The lowest BCUT2D eigenvalue weighted by molar-refractivity contribution is 0.123. The SMILES string of the molecule is CC(C)[C@H]1CC[C@H](OS(C)(=O)=O)CC1. The first-order valence-corrected chi connectivity index (χ1v) is 7.08. The van der Waals surface area contributed by atoms with Crippen LogP contribution >= 0.6 is 0 Å². The molecule has 0 N–H and O–H groups in total. The molecule has 0 heterocycles. The molecule has 0 aliphatic heterocycles. The molecular weight excluding hydrogens is 200 g/mol. The highest BCUT2D eigenvalue weighted by Crippen LogP contribution is 2.31. The van der Waals surface area contributed by atoms with Crippen molar-refractivity contribution >= 4 is 10.1 Å². The van der Waals surface area contributed by atoms with Gasteiger partial charge in [-0.25, -0.2) is 0 Å². The zero-order chi connectivity index (χ0) is 10.8. The fourth-order valence-corrected chi connectivity index (χ4v) is 2.79. The molecular formula is C10H20O3S. The highest BCUT2D eigenvalue weighted by molar-refractivity contribution is 7.86. The maximum atomic E-state index is 10.9. The van der Waals surface area contributed by atoms with Gasteiger partial charge in [0.2, 0.25) is 0 Å². The second-order valence-electron chi connectivity index (χ2n) is 4.58.